The number of hydrogen-bond acceptors (Lipinski definition) is 7. The molecule has 1 heterocycles. The molecule has 2 aromatic carbocycles. The van der Waals surface area contributed by atoms with Gasteiger partial charge >= 0.3 is 0 Å². The first-order chi connectivity index (χ1) is 17.3. The maximum atomic E-state index is 13.1. The molecule has 3 N–H and O–H groups in total. The minimum atomic E-state index is -0.856. The largest absolute Gasteiger partial charge is 0.504 e. The summed E-state index contributed by atoms with van der Waals surface area (Å²) < 4.78 is 5.67. The number of piperazine rings is 1. The van der Waals surface area contributed by atoms with Crippen molar-refractivity contribution in [2.45, 2.75) is 19.6 Å². The van der Waals surface area contributed by atoms with E-state index in [1.807, 2.05) is 36.4 Å². The molecular formula is C26H28N4O6. The second-order valence-corrected chi connectivity index (χ2v) is 8.29. The van der Waals surface area contributed by atoms with Gasteiger partial charge in [-0.2, -0.15) is 5.26 Å². The third kappa shape index (κ3) is 7.07. The summed E-state index contributed by atoms with van der Waals surface area (Å²) in [4.78, 5) is 40.6. The number of carbonyl (C=O) groups excluding carboxylic acids is 3. The predicted octanol–water partition coefficient (Wildman–Crippen LogP) is 1.40. The van der Waals surface area contributed by atoms with Crippen LogP contribution in [0.15, 0.2) is 54.1 Å². The van der Waals surface area contributed by atoms with Gasteiger partial charge in [-0.15, -0.1) is 0 Å². The molecule has 1 aliphatic heterocycles. The zero-order valence-electron chi connectivity index (χ0n) is 19.9. The lowest BCUT2D eigenvalue weighted by molar-refractivity contribution is -0.142. The van der Waals surface area contributed by atoms with Crippen LogP contribution in [0.1, 0.15) is 18.1 Å². The Morgan fingerprint density at radius 1 is 1.06 bits per heavy atom. The topological polar surface area (TPSA) is 143 Å². The van der Waals surface area contributed by atoms with Gasteiger partial charge in [-0.3, -0.25) is 14.4 Å². The van der Waals surface area contributed by atoms with Crippen LogP contribution in [0.25, 0.3) is 6.08 Å². The molecule has 3 amide bonds. The standard InChI is InChI=1S/C26H28N4O6/c1-18(31)28-22(17-36-16-19-5-3-2-4-6-19)26(35)30-11-9-29(10-12-30)25(34)21(15-27)13-20-7-8-23(32)24(33)14-20/h2-8,13-14,22,32-33H,9-12,16-17H2,1H3,(H,28,31)/b21-13+/t22-/m1/s1. The molecule has 0 aliphatic carbocycles. The Balaban J connectivity index is 1.58. The highest BCUT2D eigenvalue weighted by atomic mass is 16.5. The molecule has 10 heteroatoms. The molecule has 0 aromatic heterocycles. The van der Waals surface area contributed by atoms with E-state index < -0.39 is 11.9 Å². The third-order valence-corrected chi connectivity index (χ3v) is 5.61. The number of nitrogens with zero attached hydrogens (tertiary/aromatic N) is 3. The Morgan fingerprint density at radius 2 is 1.72 bits per heavy atom. The van der Waals surface area contributed by atoms with Crippen LogP contribution in [0.2, 0.25) is 0 Å². The Labute approximate surface area is 209 Å². The molecule has 1 saturated heterocycles. The number of benzene rings is 2. The van der Waals surface area contributed by atoms with E-state index in [2.05, 4.69) is 5.32 Å². The fraction of sp³-hybridized carbons (Fsp3) is 0.308. The van der Waals surface area contributed by atoms with Crippen LogP contribution in [-0.4, -0.2) is 76.6 Å². The molecule has 2 aromatic rings. The molecular weight excluding hydrogens is 464 g/mol. The second-order valence-electron chi connectivity index (χ2n) is 8.29. The van der Waals surface area contributed by atoms with E-state index in [0.29, 0.717) is 12.2 Å². The van der Waals surface area contributed by atoms with E-state index >= 15 is 0 Å². The average molecular weight is 493 g/mol. The van der Waals surface area contributed by atoms with Crippen LogP contribution < -0.4 is 5.32 Å². The molecule has 1 aliphatic rings. The first kappa shape index (κ1) is 26.2. The van der Waals surface area contributed by atoms with Crippen LogP contribution in [-0.2, 0) is 25.7 Å². The van der Waals surface area contributed by atoms with E-state index in [9.17, 15) is 29.9 Å². The minimum absolute atomic E-state index is 0.00719. The van der Waals surface area contributed by atoms with Gasteiger partial charge in [0.1, 0.15) is 17.7 Å². The van der Waals surface area contributed by atoms with Gasteiger partial charge in [0.05, 0.1) is 13.2 Å². The van der Waals surface area contributed by atoms with Gasteiger partial charge in [-0.05, 0) is 29.3 Å². The van der Waals surface area contributed by atoms with Gasteiger partial charge in [0, 0.05) is 33.1 Å². The van der Waals surface area contributed by atoms with Gasteiger partial charge in [-0.25, -0.2) is 0 Å². The van der Waals surface area contributed by atoms with Crippen LogP contribution >= 0.6 is 0 Å². The molecule has 0 radical (unpaired) electrons. The highest BCUT2D eigenvalue weighted by molar-refractivity contribution is 6.02. The predicted molar refractivity (Wildman–Crippen MR) is 130 cm³/mol. The van der Waals surface area contributed by atoms with E-state index in [0.717, 1.165) is 5.56 Å². The quantitative estimate of drug-likeness (QED) is 0.287. The minimum Gasteiger partial charge on any atom is -0.504 e. The summed E-state index contributed by atoms with van der Waals surface area (Å²) in [5.41, 5.74) is 1.20. The summed E-state index contributed by atoms with van der Waals surface area (Å²) in [6.07, 6.45) is 1.33. The number of nitrogens with one attached hydrogen (secondary N) is 1. The van der Waals surface area contributed by atoms with Crippen molar-refractivity contribution < 1.29 is 29.3 Å². The Hall–Kier alpha value is -4.36. The van der Waals surface area contributed by atoms with Gasteiger partial charge < -0.3 is 30.1 Å². The van der Waals surface area contributed by atoms with Crippen LogP contribution in [0, 0.1) is 11.3 Å². The fourth-order valence-corrected chi connectivity index (χ4v) is 3.75. The maximum absolute atomic E-state index is 13.1. The lowest BCUT2D eigenvalue weighted by Crippen LogP contribution is -2.56. The van der Waals surface area contributed by atoms with Crippen molar-refractivity contribution in [2.24, 2.45) is 0 Å². The maximum Gasteiger partial charge on any atom is 0.264 e. The lowest BCUT2D eigenvalue weighted by atomic mass is 10.1. The zero-order chi connectivity index (χ0) is 26.1. The number of ether oxygens (including phenoxy) is 1. The number of hydrogen-bond donors (Lipinski definition) is 3. The second kappa shape index (κ2) is 12.4. The fourth-order valence-electron chi connectivity index (χ4n) is 3.75. The summed E-state index contributed by atoms with van der Waals surface area (Å²) in [7, 11) is 0. The molecule has 0 spiro atoms. The van der Waals surface area contributed by atoms with Crippen molar-refractivity contribution in [1.29, 1.82) is 5.26 Å². The summed E-state index contributed by atoms with van der Waals surface area (Å²) in [6.45, 7) is 2.53. The van der Waals surface area contributed by atoms with Crippen LogP contribution in [0.4, 0.5) is 0 Å². The summed E-state index contributed by atoms with van der Waals surface area (Å²) >= 11 is 0. The Kier molecular flexibility index (Phi) is 9.02. The zero-order valence-corrected chi connectivity index (χ0v) is 19.9. The van der Waals surface area contributed by atoms with Crippen LogP contribution in [0.5, 0.6) is 11.5 Å². The van der Waals surface area contributed by atoms with Gasteiger partial charge in [0.25, 0.3) is 5.91 Å². The number of rotatable bonds is 8. The van der Waals surface area contributed by atoms with E-state index in [1.54, 1.807) is 4.90 Å². The normalized spacial score (nSPS) is 14.6. The summed E-state index contributed by atoms with van der Waals surface area (Å²) in [5, 5.41) is 31.2. The van der Waals surface area contributed by atoms with Gasteiger partial charge in [-0.1, -0.05) is 36.4 Å². The van der Waals surface area contributed by atoms with E-state index in [4.69, 9.17) is 4.74 Å². The lowest BCUT2D eigenvalue weighted by Gasteiger charge is -2.36. The number of carbonyl (C=O) groups is 3. The highest BCUT2D eigenvalue weighted by Crippen LogP contribution is 2.26. The number of aromatic hydroxyl groups is 2. The van der Waals surface area contributed by atoms with Crippen molar-refractivity contribution in [2.75, 3.05) is 32.8 Å². The Bertz CT molecular complexity index is 1170. The van der Waals surface area contributed by atoms with Gasteiger partial charge in [0.2, 0.25) is 11.8 Å². The molecule has 1 fully saturated rings. The molecule has 0 saturated carbocycles. The van der Waals surface area contributed by atoms with E-state index in [1.165, 1.54) is 36.1 Å². The molecule has 0 bridgehead atoms. The number of nitriles is 1. The number of phenolic OH excluding ortho intramolecular Hbond substituents is 2. The monoisotopic (exact) mass is 492 g/mol. The molecule has 0 unspecified atom stereocenters. The average Bonchev–Trinajstić information content (AvgIpc) is 2.88. The van der Waals surface area contributed by atoms with Crippen molar-refractivity contribution in [3.63, 3.8) is 0 Å². The van der Waals surface area contributed by atoms with Crippen molar-refractivity contribution in [3.8, 4) is 17.6 Å². The molecule has 188 valence electrons. The summed E-state index contributed by atoms with van der Waals surface area (Å²) in [6, 6.07) is 14.5. The van der Waals surface area contributed by atoms with E-state index in [-0.39, 0.29) is 61.7 Å². The molecule has 36 heavy (non-hydrogen) atoms. The SMILES string of the molecule is CC(=O)N[C@H](COCc1ccccc1)C(=O)N1CCN(C(=O)/C(C#N)=C/c2ccc(O)c(O)c2)CC1. The summed E-state index contributed by atoms with van der Waals surface area (Å²) in [5.74, 6) is -1.82. The smallest absolute Gasteiger partial charge is 0.264 e. The number of phenols is 2. The molecule has 10 nitrogen and oxygen atoms in total. The molecule has 3 rings (SSSR count). The highest BCUT2D eigenvalue weighted by Gasteiger charge is 2.30. The van der Waals surface area contributed by atoms with Crippen molar-refractivity contribution >= 4 is 23.8 Å². The van der Waals surface area contributed by atoms with Crippen molar-refractivity contribution in [1.82, 2.24) is 15.1 Å². The first-order valence-electron chi connectivity index (χ1n) is 11.4. The first-order valence-corrected chi connectivity index (χ1v) is 11.4. The van der Waals surface area contributed by atoms with Crippen LogP contribution in [0.3, 0.4) is 0 Å². The molecule has 1 atom stereocenters. The third-order valence-electron chi connectivity index (χ3n) is 5.61. The van der Waals surface area contributed by atoms with Crippen molar-refractivity contribution in [3.05, 3.63) is 65.2 Å². The van der Waals surface area contributed by atoms with Gasteiger partial charge in [0.15, 0.2) is 11.5 Å². The number of amides is 3. The Morgan fingerprint density at radius 3 is 2.33 bits per heavy atom.